The van der Waals surface area contributed by atoms with E-state index in [1.807, 2.05) is 13.8 Å². The van der Waals surface area contributed by atoms with Crippen LogP contribution in [0.5, 0.6) is 5.75 Å². The Bertz CT molecular complexity index is 404. The lowest BCUT2D eigenvalue weighted by molar-refractivity contribution is -0.140. The third kappa shape index (κ3) is 4.50. The standard InChI is InChI=1S/C14H18F2O3/c1-3-4-9(2)12(13(17)18)10-5-7-11(8-6-10)19-14(15)16/h5-9,12,14H,3-4H2,1-2H3,(H,17,18). The van der Waals surface area contributed by atoms with Crippen molar-refractivity contribution in [1.82, 2.24) is 0 Å². The maximum atomic E-state index is 12.0. The predicted octanol–water partition coefficient (Wildman–Crippen LogP) is 3.89. The van der Waals surface area contributed by atoms with Gasteiger partial charge in [-0.1, -0.05) is 32.4 Å². The lowest BCUT2D eigenvalue weighted by Gasteiger charge is -2.20. The van der Waals surface area contributed by atoms with E-state index in [0.717, 1.165) is 12.8 Å². The van der Waals surface area contributed by atoms with Crippen LogP contribution in [0.2, 0.25) is 0 Å². The number of hydrogen-bond donors (Lipinski definition) is 1. The SMILES string of the molecule is CCCC(C)C(C(=O)O)c1ccc(OC(F)F)cc1. The molecule has 0 amide bonds. The number of aliphatic carboxylic acids is 1. The number of ether oxygens (including phenoxy) is 1. The van der Waals surface area contributed by atoms with E-state index in [2.05, 4.69) is 4.74 Å². The van der Waals surface area contributed by atoms with Gasteiger partial charge in [-0.2, -0.15) is 8.78 Å². The summed E-state index contributed by atoms with van der Waals surface area (Å²) in [7, 11) is 0. The van der Waals surface area contributed by atoms with Gasteiger partial charge in [0, 0.05) is 0 Å². The van der Waals surface area contributed by atoms with Crippen LogP contribution in [0.4, 0.5) is 8.78 Å². The zero-order chi connectivity index (χ0) is 14.4. The van der Waals surface area contributed by atoms with Crippen molar-refractivity contribution in [3.05, 3.63) is 29.8 Å². The Morgan fingerprint density at radius 3 is 2.32 bits per heavy atom. The zero-order valence-corrected chi connectivity index (χ0v) is 11.0. The lowest BCUT2D eigenvalue weighted by Crippen LogP contribution is -2.19. The van der Waals surface area contributed by atoms with Gasteiger partial charge in [0.2, 0.25) is 0 Å². The van der Waals surface area contributed by atoms with Crippen LogP contribution in [0.25, 0.3) is 0 Å². The number of benzene rings is 1. The Kier molecular flexibility index (Phi) is 5.73. The van der Waals surface area contributed by atoms with Crippen molar-refractivity contribution in [2.24, 2.45) is 5.92 Å². The molecule has 0 aromatic heterocycles. The largest absolute Gasteiger partial charge is 0.481 e. The number of carbonyl (C=O) groups is 1. The molecule has 1 N–H and O–H groups in total. The summed E-state index contributed by atoms with van der Waals surface area (Å²) in [6.07, 6.45) is 1.70. The van der Waals surface area contributed by atoms with E-state index in [1.165, 1.54) is 24.3 Å². The van der Waals surface area contributed by atoms with Crippen LogP contribution in [0.15, 0.2) is 24.3 Å². The summed E-state index contributed by atoms with van der Waals surface area (Å²) in [5, 5.41) is 9.29. The Balaban J connectivity index is 2.88. The summed E-state index contributed by atoms with van der Waals surface area (Å²) in [6.45, 7) is 1.00. The van der Waals surface area contributed by atoms with E-state index in [-0.39, 0.29) is 11.7 Å². The summed E-state index contributed by atoms with van der Waals surface area (Å²) >= 11 is 0. The van der Waals surface area contributed by atoms with Crippen LogP contribution in [-0.2, 0) is 4.79 Å². The molecular formula is C14H18F2O3. The number of carboxylic acid groups (broad SMARTS) is 1. The van der Waals surface area contributed by atoms with Gasteiger partial charge in [-0.15, -0.1) is 0 Å². The molecule has 2 atom stereocenters. The normalized spacial score (nSPS) is 14.2. The molecule has 0 heterocycles. The number of carboxylic acids is 1. The minimum Gasteiger partial charge on any atom is -0.481 e. The Hall–Kier alpha value is -1.65. The fourth-order valence-electron chi connectivity index (χ4n) is 2.19. The fourth-order valence-corrected chi connectivity index (χ4v) is 2.19. The van der Waals surface area contributed by atoms with E-state index in [9.17, 15) is 18.7 Å². The van der Waals surface area contributed by atoms with Gasteiger partial charge < -0.3 is 9.84 Å². The van der Waals surface area contributed by atoms with Gasteiger partial charge in [-0.3, -0.25) is 4.79 Å². The first-order valence-electron chi connectivity index (χ1n) is 6.23. The highest BCUT2D eigenvalue weighted by Crippen LogP contribution is 2.29. The van der Waals surface area contributed by atoms with Crippen LogP contribution in [-0.4, -0.2) is 17.7 Å². The molecule has 0 aliphatic rings. The molecule has 1 aromatic carbocycles. The molecule has 19 heavy (non-hydrogen) atoms. The Morgan fingerprint density at radius 1 is 1.32 bits per heavy atom. The molecule has 0 spiro atoms. The van der Waals surface area contributed by atoms with Gasteiger partial charge in [0.15, 0.2) is 0 Å². The Morgan fingerprint density at radius 2 is 1.89 bits per heavy atom. The zero-order valence-electron chi connectivity index (χ0n) is 11.0. The highest BCUT2D eigenvalue weighted by molar-refractivity contribution is 5.76. The first-order chi connectivity index (χ1) is 8.95. The number of rotatable bonds is 7. The summed E-state index contributed by atoms with van der Waals surface area (Å²) in [5.74, 6) is -1.50. The van der Waals surface area contributed by atoms with Gasteiger partial charge in [0.05, 0.1) is 5.92 Å². The number of hydrogen-bond acceptors (Lipinski definition) is 2. The van der Waals surface area contributed by atoms with Gasteiger partial charge in [0.1, 0.15) is 5.75 Å². The van der Waals surface area contributed by atoms with Crippen LogP contribution < -0.4 is 4.74 Å². The van der Waals surface area contributed by atoms with Crippen molar-refractivity contribution < 1.29 is 23.4 Å². The molecule has 0 saturated carbocycles. The molecule has 3 nitrogen and oxygen atoms in total. The molecule has 5 heteroatoms. The Labute approximate surface area is 111 Å². The molecule has 0 saturated heterocycles. The van der Waals surface area contributed by atoms with Gasteiger partial charge in [-0.25, -0.2) is 0 Å². The van der Waals surface area contributed by atoms with Gasteiger partial charge in [-0.05, 0) is 30.0 Å². The fraction of sp³-hybridized carbons (Fsp3) is 0.500. The monoisotopic (exact) mass is 272 g/mol. The van der Waals surface area contributed by atoms with Crippen molar-refractivity contribution >= 4 is 5.97 Å². The van der Waals surface area contributed by atoms with Gasteiger partial charge in [0.25, 0.3) is 0 Å². The van der Waals surface area contributed by atoms with E-state index < -0.39 is 18.5 Å². The summed E-state index contributed by atoms with van der Waals surface area (Å²) in [6, 6.07) is 5.80. The molecule has 1 aromatic rings. The van der Waals surface area contributed by atoms with Crippen molar-refractivity contribution in [2.45, 2.75) is 39.2 Å². The van der Waals surface area contributed by atoms with Crippen molar-refractivity contribution in [3.63, 3.8) is 0 Å². The second-order valence-corrected chi connectivity index (χ2v) is 4.53. The predicted molar refractivity (Wildman–Crippen MR) is 67.5 cm³/mol. The first-order valence-corrected chi connectivity index (χ1v) is 6.23. The van der Waals surface area contributed by atoms with Crippen LogP contribution in [0, 0.1) is 5.92 Å². The molecule has 2 unspecified atom stereocenters. The lowest BCUT2D eigenvalue weighted by atomic mass is 9.84. The van der Waals surface area contributed by atoms with Crippen molar-refractivity contribution in [1.29, 1.82) is 0 Å². The molecule has 1 rings (SSSR count). The van der Waals surface area contributed by atoms with Crippen molar-refractivity contribution in [2.75, 3.05) is 0 Å². The third-order valence-electron chi connectivity index (χ3n) is 3.04. The first kappa shape index (κ1) is 15.4. The second-order valence-electron chi connectivity index (χ2n) is 4.53. The molecule has 0 fully saturated rings. The highest BCUT2D eigenvalue weighted by atomic mass is 19.3. The molecule has 0 bridgehead atoms. The maximum Gasteiger partial charge on any atom is 0.387 e. The number of halogens is 2. The average molecular weight is 272 g/mol. The summed E-state index contributed by atoms with van der Waals surface area (Å²) < 4.78 is 28.3. The van der Waals surface area contributed by atoms with Crippen LogP contribution >= 0.6 is 0 Å². The molecule has 106 valence electrons. The molecule has 0 aliphatic heterocycles. The molecular weight excluding hydrogens is 254 g/mol. The molecule has 0 aliphatic carbocycles. The van der Waals surface area contributed by atoms with Crippen molar-refractivity contribution in [3.8, 4) is 5.75 Å². The van der Waals surface area contributed by atoms with Crippen LogP contribution in [0.1, 0.15) is 38.2 Å². The van der Waals surface area contributed by atoms with E-state index in [1.54, 1.807) is 0 Å². The average Bonchev–Trinajstić information content (AvgIpc) is 2.31. The minimum atomic E-state index is -2.87. The topological polar surface area (TPSA) is 46.5 Å². The summed E-state index contributed by atoms with van der Waals surface area (Å²) in [4.78, 5) is 11.3. The quantitative estimate of drug-likeness (QED) is 0.819. The molecule has 0 radical (unpaired) electrons. The van der Waals surface area contributed by atoms with Crippen LogP contribution in [0.3, 0.4) is 0 Å². The number of alkyl halides is 2. The second kappa shape index (κ2) is 7.07. The highest BCUT2D eigenvalue weighted by Gasteiger charge is 2.25. The summed E-state index contributed by atoms with van der Waals surface area (Å²) in [5.41, 5.74) is 0.607. The third-order valence-corrected chi connectivity index (χ3v) is 3.04. The smallest absolute Gasteiger partial charge is 0.387 e. The maximum absolute atomic E-state index is 12.0. The van der Waals surface area contributed by atoms with Gasteiger partial charge >= 0.3 is 12.6 Å². The minimum absolute atomic E-state index is 0.00985. The van der Waals surface area contributed by atoms with E-state index in [0.29, 0.717) is 5.56 Å². The van der Waals surface area contributed by atoms with E-state index >= 15 is 0 Å². The van der Waals surface area contributed by atoms with E-state index in [4.69, 9.17) is 0 Å².